The van der Waals surface area contributed by atoms with Crippen LogP contribution in [0.2, 0.25) is 20.1 Å². The summed E-state index contributed by atoms with van der Waals surface area (Å²) in [6, 6.07) is 0. The van der Waals surface area contributed by atoms with E-state index in [4.69, 9.17) is 46.4 Å². The Bertz CT molecular complexity index is 1880. The first-order valence-electron chi connectivity index (χ1n) is 37.5. The maximum atomic E-state index is 6.34. The summed E-state index contributed by atoms with van der Waals surface area (Å²) >= 11 is 25.0. The molecular weight excluding hydrogens is 1230 g/mol. The Morgan fingerprint density at radius 2 is 0.581 bits per heavy atom. The van der Waals surface area contributed by atoms with E-state index in [9.17, 15) is 0 Å². The van der Waals surface area contributed by atoms with Crippen molar-refractivity contribution in [3.8, 4) is 0 Å². The Balaban J connectivity index is -0.000000504. The van der Waals surface area contributed by atoms with Gasteiger partial charge in [-0.1, -0.05) is 80.5 Å². The Morgan fingerprint density at radius 3 is 0.796 bits per heavy atom. The number of hydrogen-bond donors (Lipinski definition) is 1. The van der Waals surface area contributed by atoms with Crippen LogP contribution < -0.4 is 5.32 Å². The topological polar surface area (TPSA) is 16.6 Å². The summed E-state index contributed by atoms with van der Waals surface area (Å²) in [5.41, 5.74) is 2.64. The van der Waals surface area contributed by atoms with Gasteiger partial charge in [0.05, 0.1) is 308 Å². The number of rotatable bonds is 30. The minimum atomic E-state index is 0.372. The average Bonchev–Trinajstić information content (AvgIpc) is 1.63. The lowest BCUT2D eigenvalue weighted by Gasteiger charge is -2.34. The van der Waals surface area contributed by atoms with Gasteiger partial charge in [0.15, 0.2) is 0 Å². The van der Waals surface area contributed by atoms with Crippen LogP contribution in [0, 0.1) is 5.41 Å². The number of likely N-dealkylation sites (N-methyl/N-ethyl adjacent to an activating group) is 2. The first-order chi connectivity index (χ1) is 41.9. The second-order valence-corrected chi connectivity index (χ2v) is 39.8. The molecule has 0 atom stereocenters. The van der Waals surface area contributed by atoms with E-state index in [1.54, 1.807) is 0 Å². The number of nitrogens with zero attached hydrogens (tertiary/aromatic N) is 11. The maximum Gasteiger partial charge on any atom is 0.129 e. The average molecular weight is 1410 g/mol. The lowest BCUT2D eigenvalue weighted by atomic mass is 9.94. The van der Waals surface area contributed by atoms with Crippen LogP contribution in [0.1, 0.15) is 169 Å². The van der Waals surface area contributed by atoms with E-state index < -0.39 is 0 Å². The molecule has 1 aromatic rings. The first kappa shape index (κ1) is 99.3. The molecule has 0 aromatic heterocycles. The van der Waals surface area contributed by atoms with Gasteiger partial charge in [0.2, 0.25) is 0 Å². The highest BCUT2D eigenvalue weighted by Crippen LogP contribution is 2.46. The highest BCUT2D eigenvalue weighted by molar-refractivity contribution is 6.52. The third-order valence-electron chi connectivity index (χ3n) is 18.7. The fourth-order valence-corrected chi connectivity index (χ4v) is 12.4. The van der Waals surface area contributed by atoms with Gasteiger partial charge in [-0.25, -0.2) is 0 Å². The normalized spacial score (nSPS) is 16.2. The van der Waals surface area contributed by atoms with Gasteiger partial charge in [-0.05, 0) is 97.3 Å². The van der Waals surface area contributed by atoms with Crippen LogP contribution in [0.4, 0.5) is 0 Å². The second-order valence-electron chi connectivity index (χ2n) is 38.2. The van der Waals surface area contributed by atoms with Crippen LogP contribution in [-0.2, 0) is 13.1 Å². The van der Waals surface area contributed by atoms with Gasteiger partial charge in [-0.3, -0.25) is 0 Å². The number of halogens is 4. The van der Waals surface area contributed by atoms with Gasteiger partial charge >= 0.3 is 0 Å². The molecule has 3 aliphatic rings. The summed E-state index contributed by atoms with van der Waals surface area (Å²) in [6.45, 7) is 43.4. The molecular formula is C77H176Cl4N12+12. The molecule has 2 N–H and O–H groups in total. The Labute approximate surface area is 606 Å². The number of unbranched alkanes of at least 4 members (excludes halogenated alkanes) is 7. The molecule has 0 bridgehead atoms. The minimum Gasteiger partial charge on any atom is -0.349 e. The van der Waals surface area contributed by atoms with E-state index in [0.717, 1.165) is 73.2 Å². The Kier molecular flexibility index (Phi) is 50.3. The molecule has 93 heavy (non-hydrogen) atoms. The number of likely N-dealkylation sites (tertiary alicyclic amines) is 2. The van der Waals surface area contributed by atoms with Gasteiger partial charge in [-0.15, -0.1) is 0 Å². The van der Waals surface area contributed by atoms with Crippen molar-refractivity contribution in [3.05, 3.63) is 31.2 Å². The maximum absolute atomic E-state index is 6.34. The fourth-order valence-electron chi connectivity index (χ4n) is 11.4. The van der Waals surface area contributed by atoms with E-state index in [1.807, 2.05) is 0 Å². The quantitative estimate of drug-likeness (QED) is 0.0342. The number of nitrogens with two attached hydrogens (primary N) is 1. The Morgan fingerprint density at radius 1 is 0.344 bits per heavy atom. The third kappa shape index (κ3) is 60.4. The molecule has 0 unspecified atom stereocenters. The van der Waals surface area contributed by atoms with Gasteiger partial charge in [-0.2, -0.15) is 0 Å². The number of hydrogen-bond acceptors (Lipinski definition) is 0. The smallest absolute Gasteiger partial charge is 0.129 e. The number of benzene rings is 1. The van der Waals surface area contributed by atoms with Gasteiger partial charge in [0, 0.05) is 43.2 Å². The van der Waals surface area contributed by atoms with E-state index in [-0.39, 0.29) is 0 Å². The molecule has 0 saturated carbocycles. The van der Waals surface area contributed by atoms with Gasteiger partial charge < -0.3 is 54.6 Å². The molecule has 0 spiro atoms. The van der Waals surface area contributed by atoms with Gasteiger partial charge in [0.25, 0.3) is 0 Å². The summed E-state index contributed by atoms with van der Waals surface area (Å²) in [6.07, 6.45) is 22.5. The predicted molar refractivity (Wildman–Crippen MR) is 422 cm³/mol. The molecule has 3 aliphatic heterocycles. The summed E-state index contributed by atoms with van der Waals surface area (Å²) in [4.78, 5) is 0. The SMILES string of the molecule is CCC(C)(C)C.CC[N+](CC)(CC)CC.C[N+](C)(C)C.C[N+](C)(C)CCCCCC[N+](C)(C)C.C[N+](C)(C)CCCCC[N+](C)(C)C.C[N+](C)(C)CC[N+]1(C)Cc2c(Cl)c(Cl)c(Cl)c(Cl)c2C1.C[N+]1(CCCCC[N+]2(C)CCCC2)CCCC1.C[NH2+]CCC[N+](C)(C)C. The van der Waals surface area contributed by atoms with Gasteiger partial charge in [0.1, 0.15) is 26.2 Å². The number of quaternary nitrogens is 12. The zero-order chi connectivity index (χ0) is 73.6. The van der Waals surface area contributed by atoms with E-state index in [2.05, 4.69) is 244 Å². The van der Waals surface area contributed by atoms with Crippen molar-refractivity contribution in [1.29, 1.82) is 0 Å². The molecule has 1 aromatic carbocycles. The molecule has 3 heterocycles. The molecule has 4 rings (SSSR count). The first-order valence-corrected chi connectivity index (χ1v) is 39.0. The van der Waals surface area contributed by atoms with Crippen LogP contribution >= 0.6 is 46.4 Å². The molecule has 560 valence electrons. The molecule has 0 radical (unpaired) electrons. The standard InChI is InChI=1S/C15H32N2.C14H20Cl4N2.C12H30N2.C11H28N2.C8H20N.C7H19N2.C6H14.C4H12N/c1-16(12-6-7-13-16)10-4-3-5-11-17(2)14-8-9-15-17;1-19(2,3)5-6-20(4)7-9-10(8-20)12(16)14(18)13(17)11(9)15;1-13(2,3)11-9-7-8-10-12-14(4,5)6;1-12(2,3)10-8-7-9-11-13(4,5)6;1-5-9(6-2,7-3)8-4;1-8-6-5-7-9(2,3)4;1-5-6(2,3)4;1-5(2,3)4/h3-15H2,1-2H3;5-8H2,1-4H3;7-12H2,1-6H3;7-11H2,1-6H3;5-8H2,1-4H3;8H,5-7H2,1-4H3;5H2,1-4H3;1-4H3/q4*+2;2*+1;;+1/p+1. The van der Waals surface area contributed by atoms with Crippen molar-refractivity contribution >= 4 is 46.4 Å². The highest BCUT2D eigenvalue weighted by atomic mass is 35.5. The van der Waals surface area contributed by atoms with E-state index in [1.165, 1.54) is 221 Å². The van der Waals surface area contributed by atoms with Crippen LogP contribution in [0.3, 0.4) is 0 Å². The summed E-state index contributed by atoms with van der Waals surface area (Å²) < 4.78 is 12.3. The Hall–Kier alpha value is -0.100. The monoisotopic (exact) mass is 1410 g/mol. The van der Waals surface area contributed by atoms with Crippen molar-refractivity contribution in [2.75, 3.05) is 301 Å². The number of fused-ring (bicyclic) bond motifs is 1. The van der Waals surface area contributed by atoms with E-state index in [0.29, 0.717) is 25.5 Å². The molecule has 2 fully saturated rings. The third-order valence-corrected chi connectivity index (χ3v) is 20.6. The minimum absolute atomic E-state index is 0.372. The van der Waals surface area contributed by atoms with Crippen molar-refractivity contribution in [2.45, 2.75) is 171 Å². The van der Waals surface area contributed by atoms with Crippen LogP contribution in [0.25, 0.3) is 0 Å². The lowest BCUT2D eigenvalue weighted by molar-refractivity contribution is -0.961. The largest absolute Gasteiger partial charge is 0.349 e. The summed E-state index contributed by atoms with van der Waals surface area (Å²) in [5.74, 6) is 0. The molecule has 12 nitrogen and oxygen atoms in total. The summed E-state index contributed by atoms with van der Waals surface area (Å²) in [7, 11) is 58.3. The van der Waals surface area contributed by atoms with Crippen LogP contribution in [-0.4, -0.2) is 350 Å². The van der Waals surface area contributed by atoms with Crippen LogP contribution in [0.5, 0.6) is 0 Å². The van der Waals surface area contributed by atoms with Crippen molar-refractivity contribution in [2.24, 2.45) is 5.41 Å². The van der Waals surface area contributed by atoms with E-state index >= 15 is 0 Å². The molecule has 0 aliphatic carbocycles. The zero-order valence-corrected chi connectivity index (χ0v) is 73.0. The predicted octanol–water partition coefficient (Wildman–Crippen LogP) is 14.6. The second kappa shape index (κ2) is 47.2. The molecule has 0 amide bonds. The lowest BCUT2D eigenvalue weighted by Crippen LogP contribution is -2.80. The van der Waals surface area contributed by atoms with Crippen molar-refractivity contribution < 1.29 is 54.6 Å². The summed E-state index contributed by atoms with van der Waals surface area (Å²) in [5, 5.41) is 4.09. The molecule has 2 saturated heterocycles. The van der Waals surface area contributed by atoms with Crippen LogP contribution in [0.15, 0.2) is 0 Å². The highest BCUT2D eigenvalue weighted by Gasteiger charge is 2.38. The van der Waals surface area contributed by atoms with Crippen molar-refractivity contribution in [1.82, 2.24) is 0 Å². The zero-order valence-electron chi connectivity index (χ0n) is 70.0. The molecule has 16 heteroatoms. The van der Waals surface area contributed by atoms with Crippen molar-refractivity contribution in [3.63, 3.8) is 0 Å². The fraction of sp³-hybridized carbons (Fsp3) is 0.922.